The molecule has 5 nitrogen and oxygen atoms in total. The van der Waals surface area contributed by atoms with Crippen LogP contribution in [0.4, 0.5) is 5.69 Å². The number of carbonyl (C=O) groups excluding carboxylic acids is 1. The average molecular weight is 301 g/mol. The largest absolute Gasteiger partial charge is 0.405 e. The van der Waals surface area contributed by atoms with Crippen molar-refractivity contribution in [2.75, 3.05) is 5.32 Å². The van der Waals surface area contributed by atoms with Crippen LogP contribution in [0.1, 0.15) is 44.6 Å². The van der Waals surface area contributed by atoms with E-state index < -0.39 is 0 Å². The van der Waals surface area contributed by atoms with E-state index in [-0.39, 0.29) is 23.1 Å². The van der Waals surface area contributed by atoms with E-state index in [1.54, 1.807) is 18.3 Å². The molecule has 0 unspecified atom stereocenters. The van der Waals surface area contributed by atoms with E-state index in [4.69, 9.17) is 5.73 Å². The van der Waals surface area contributed by atoms with Crippen molar-refractivity contribution in [3.8, 4) is 0 Å². The predicted octanol–water partition coefficient (Wildman–Crippen LogP) is 2.77. The molecule has 2 rings (SSSR count). The molecule has 1 aliphatic rings. The molecule has 1 heterocycles. The van der Waals surface area contributed by atoms with Crippen LogP contribution in [0, 0.1) is 5.92 Å². The van der Waals surface area contributed by atoms with Crippen LogP contribution >= 0.6 is 0 Å². The summed E-state index contributed by atoms with van der Waals surface area (Å²) >= 11 is 0. The first kappa shape index (κ1) is 16.1. The van der Waals surface area contributed by atoms with Gasteiger partial charge in [-0.3, -0.25) is 9.59 Å². The molecule has 0 bridgehead atoms. The summed E-state index contributed by atoms with van der Waals surface area (Å²) in [4.78, 5) is 26.9. The first-order valence-corrected chi connectivity index (χ1v) is 7.74. The lowest BCUT2D eigenvalue weighted by Crippen LogP contribution is -2.27. The second kappa shape index (κ2) is 7.64. The summed E-state index contributed by atoms with van der Waals surface area (Å²) in [7, 11) is 0. The number of nitrogens with one attached hydrogen (secondary N) is 2. The molecule has 0 aliphatic heterocycles. The van der Waals surface area contributed by atoms with Crippen LogP contribution in [0.15, 0.2) is 35.4 Å². The van der Waals surface area contributed by atoms with Gasteiger partial charge in [0.15, 0.2) is 0 Å². The molecule has 1 aromatic rings. The van der Waals surface area contributed by atoms with Gasteiger partial charge in [0.1, 0.15) is 5.69 Å². The number of carbonyl (C=O) groups is 1. The minimum Gasteiger partial charge on any atom is -0.405 e. The number of anilines is 1. The monoisotopic (exact) mass is 301 g/mol. The molecule has 1 saturated carbocycles. The Morgan fingerprint density at radius 1 is 1.36 bits per heavy atom. The lowest BCUT2D eigenvalue weighted by molar-refractivity contribution is -0.120. The van der Waals surface area contributed by atoms with Gasteiger partial charge in [-0.15, -0.1) is 0 Å². The summed E-state index contributed by atoms with van der Waals surface area (Å²) in [5, 5.41) is 2.78. The van der Waals surface area contributed by atoms with Gasteiger partial charge in [0.05, 0.1) is 0 Å². The smallest absolute Gasteiger partial charge is 0.271 e. The SMILES string of the molecule is C/C=C(\C=C/N)c1c[nH]c(=O)c(NC(=O)C2CCCCC2)c1. The van der Waals surface area contributed by atoms with Crippen LogP contribution in [0.5, 0.6) is 0 Å². The molecule has 0 spiro atoms. The standard InChI is InChI=1S/C17H23N3O2/c1-2-12(8-9-18)14-10-15(17(22)19-11-14)20-16(21)13-6-4-3-5-7-13/h2,8-11,13H,3-7,18H2,1H3,(H,19,22)(H,20,21)/b9-8-,12-2+. The fraction of sp³-hybridized carbons (Fsp3) is 0.412. The lowest BCUT2D eigenvalue weighted by Gasteiger charge is -2.20. The summed E-state index contributed by atoms with van der Waals surface area (Å²) in [6.45, 7) is 1.89. The van der Waals surface area contributed by atoms with Crippen LogP contribution in [0.25, 0.3) is 5.57 Å². The van der Waals surface area contributed by atoms with Crippen molar-refractivity contribution in [3.05, 3.63) is 46.5 Å². The Morgan fingerprint density at radius 3 is 2.73 bits per heavy atom. The van der Waals surface area contributed by atoms with Gasteiger partial charge in [-0.05, 0) is 49.2 Å². The molecule has 0 aromatic carbocycles. The summed E-state index contributed by atoms with van der Waals surface area (Å²) in [6, 6.07) is 1.69. The summed E-state index contributed by atoms with van der Waals surface area (Å²) in [5.74, 6) is -0.0410. The summed E-state index contributed by atoms with van der Waals surface area (Å²) in [5.41, 5.74) is 7.11. The van der Waals surface area contributed by atoms with Crippen molar-refractivity contribution in [3.63, 3.8) is 0 Å². The zero-order valence-corrected chi connectivity index (χ0v) is 12.9. The van der Waals surface area contributed by atoms with Crippen LogP contribution in [0.2, 0.25) is 0 Å². The number of amides is 1. The molecule has 0 atom stereocenters. The van der Waals surface area contributed by atoms with E-state index in [1.165, 1.54) is 12.6 Å². The molecule has 1 fully saturated rings. The normalized spacial score (nSPS) is 16.9. The molecule has 22 heavy (non-hydrogen) atoms. The van der Waals surface area contributed by atoms with E-state index in [9.17, 15) is 9.59 Å². The third kappa shape index (κ3) is 3.87. The first-order chi connectivity index (χ1) is 10.7. The first-order valence-electron chi connectivity index (χ1n) is 7.74. The third-order valence-corrected chi connectivity index (χ3v) is 4.06. The molecule has 1 amide bonds. The van der Waals surface area contributed by atoms with Gasteiger partial charge in [-0.25, -0.2) is 0 Å². The van der Waals surface area contributed by atoms with Crippen LogP contribution < -0.4 is 16.6 Å². The van der Waals surface area contributed by atoms with Crippen molar-refractivity contribution in [2.24, 2.45) is 11.7 Å². The highest BCUT2D eigenvalue weighted by Gasteiger charge is 2.21. The Balaban J connectivity index is 2.19. The zero-order chi connectivity index (χ0) is 15.9. The zero-order valence-electron chi connectivity index (χ0n) is 12.9. The molecule has 5 heteroatoms. The topological polar surface area (TPSA) is 88.0 Å². The molecule has 1 aliphatic carbocycles. The van der Waals surface area contributed by atoms with Gasteiger partial charge in [-0.2, -0.15) is 0 Å². The Labute approximate surface area is 130 Å². The van der Waals surface area contributed by atoms with Crippen LogP contribution in [0.3, 0.4) is 0 Å². The number of allylic oxidation sites excluding steroid dienone is 3. The Hall–Kier alpha value is -2.30. The highest BCUT2D eigenvalue weighted by Crippen LogP contribution is 2.25. The van der Waals surface area contributed by atoms with Gasteiger partial charge < -0.3 is 16.0 Å². The van der Waals surface area contributed by atoms with E-state index >= 15 is 0 Å². The van der Waals surface area contributed by atoms with Crippen molar-refractivity contribution in [2.45, 2.75) is 39.0 Å². The van der Waals surface area contributed by atoms with Gasteiger partial charge in [0.2, 0.25) is 5.91 Å². The average Bonchev–Trinajstić information content (AvgIpc) is 2.55. The Bertz CT molecular complexity index is 638. The van der Waals surface area contributed by atoms with Crippen molar-refractivity contribution < 1.29 is 4.79 Å². The number of pyridine rings is 1. The molecular formula is C17H23N3O2. The number of hydrogen-bond acceptors (Lipinski definition) is 3. The maximum Gasteiger partial charge on any atom is 0.271 e. The number of hydrogen-bond donors (Lipinski definition) is 3. The van der Waals surface area contributed by atoms with E-state index in [0.29, 0.717) is 0 Å². The molecular weight excluding hydrogens is 278 g/mol. The number of rotatable bonds is 4. The van der Waals surface area contributed by atoms with Crippen molar-refractivity contribution in [1.82, 2.24) is 4.98 Å². The fourth-order valence-electron chi connectivity index (χ4n) is 2.81. The van der Waals surface area contributed by atoms with Gasteiger partial charge in [0, 0.05) is 12.1 Å². The molecule has 118 valence electrons. The molecule has 0 saturated heterocycles. The Morgan fingerprint density at radius 2 is 2.09 bits per heavy atom. The fourth-order valence-corrected chi connectivity index (χ4v) is 2.81. The Kier molecular flexibility index (Phi) is 5.58. The minimum atomic E-state index is -0.292. The summed E-state index contributed by atoms with van der Waals surface area (Å²) in [6.07, 6.45) is 11.9. The maximum absolute atomic E-state index is 12.3. The summed E-state index contributed by atoms with van der Waals surface area (Å²) < 4.78 is 0. The molecule has 4 N–H and O–H groups in total. The third-order valence-electron chi connectivity index (χ3n) is 4.06. The molecule has 1 aromatic heterocycles. The molecule has 0 radical (unpaired) electrons. The van der Waals surface area contributed by atoms with E-state index in [0.717, 1.165) is 36.8 Å². The van der Waals surface area contributed by atoms with E-state index in [2.05, 4.69) is 10.3 Å². The van der Waals surface area contributed by atoms with Crippen LogP contribution in [-0.4, -0.2) is 10.9 Å². The van der Waals surface area contributed by atoms with Gasteiger partial charge >= 0.3 is 0 Å². The highest BCUT2D eigenvalue weighted by molar-refractivity contribution is 5.93. The predicted molar refractivity (Wildman–Crippen MR) is 89.2 cm³/mol. The van der Waals surface area contributed by atoms with E-state index in [1.807, 2.05) is 13.0 Å². The minimum absolute atomic E-state index is 0.0157. The maximum atomic E-state index is 12.3. The number of H-pyrrole nitrogens is 1. The van der Waals surface area contributed by atoms with Crippen molar-refractivity contribution >= 4 is 17.2 Å². The van der Waals surface area contributed by atoms with Gasteiger partial charge in [0.25, 0.3) is 5.56 Å². The quantitative estimate of drug-likeness (QED) is 0.747. The number of aromatic amines is 1. The second-order valence-electron chi connectivity index (χ2n) is 5.56. The van der Waals surface area contributed by atoms with Gasteiger partial charge in [-0.1, -0.05) is 25.3 Å². The number of aromatic nitrogens is 1. The lowest BCUT2D eigenvalue weighted by atomic mass is 9.88. The second-order valence-corrected chi connectivity index (χ2v) is 5.56. The van der Waals surface area contributed by atoms with Crippen molar-refractivity contribution in [1.29, 1.82) is 0 Å². The van der Waals surface area contributed by atoms with Crippen LogP contribution in [-0.2, 0) is 4.79 Å². The number of nitrogens with two attached hydrogens (primary N) is 1. The highest BCUT2D eigenvalue weighted by atomic mass is 16.2.